The fraction of sp³-hybridized carbons (Fsp3) is 0.308. The quantitative estimate of drug-likeness (QED) is 0.717. The summed E-state index contributed by atoms with van der Waals surface area (Å²) in [6.07, 6.45) is 2.22. The second kappa shape index (κ2) is 7.48. The number of carbonyl (C=O) groups is 2. The lowest BCUT2D eigenvalue weighted by Gasteiger charge is -2.09. The summed E-state index contributed by atoms with van der Waals surface area (Å²) < 4.78 is 0. The molecule has 5 nitrogen and oxygen atoms in total. The van der Waals surface area contributed by atoms with Gasteiger partial charge in [0.05, 0.1) is 0 Å². The molecule has 1 rings (SSSR count). The smallest absolute Gasteiger partial charge is 0.248 e. The molecule has 0 fully saturated rings. The summed E-state index contributed by atoms with van der Waals surface area (Å²) in [6, 6.07) is 6.60. The van der Waals surface area contributed by atoms with E-state index >= 15 is 0 Å². The van der Waals surface area contributed by atoms with E-state index in [1.165, 1.54) is 0 Å². The van der Waals surface area contributed by atoms with E-state index in [-0.39, 0.29) is 11.0 Å². The molecule has 1 aromatic rings. The Balaban J connectivity index is 2.55. The average molecular weight is 279 g/mol. The van der Waals surface area contributed by atoms with Gasteiger partial charge in [0, 0.05) is 17.7 Å². The van der Waals surface area contributed by atoms with Crippen LogP contribution in [0.3, 0.4) is 0 Å². The predicted octanol–water partition coefficient (Wildman–Crippen LogP) is 1.79. The Bertz CT molecular complexity index is 489. The first-order chi connectivity index (χ1) is 9.02. The molecule has 102 valence electrons. The van der Waals surface area contributed by atoms with Crippen molar-refractivity contribution in [1.29, 1.82) is 0 Å². The number of hydrogen-bond donors (Lipinski definition) is 3. The Labute approximate surface area is 117 Å². The average Bonchev–Trinajstić information content (AvgIpc) is 2.36. The minimum atomic E-state index is -0.512. The number of benzene rings is 1. The first kappa shape index (κ1) is 15.1. The summed E-state index contributed by atoms with van der Waals surface area (Å²) in [6.45, 7) is 2.01. The van der Waals surface area contributed by atoms with Crippen molar-refractivity contribution in [3.05, 3.63) is 29.8 Å². The van der Waals surface area contributed by atoms with E-state index in [1.807, 2.05) is 6.92 Å². The first-order valence-corrected chi connectivity index (χ1v) is 6.44. The molecule has 4 N–H and O–H groups in total. The summed E-state index contributed by atoms with van der Waals surface area (Å²) in [4.78, 5) is 22.5. The van der Waals surface area contributed by atoms with Crippen LogP contribution in [0.2, 0.25) is 0 Å². The molecule has 0 unspecified atom stereocenters. The van der Waals surface area contributed by atoms with E-state index in [4.69, 9.17) is 18.0 Å². The Morgan fingerprint density at radius 3 is 2.74 bits per heavy atom. The van der Waals surface area contributed by atoms with Crippen LogP contribution >= 0.6 is 12.2 Å². The molecular weight excluding hydrogens is 262 g/mol. The molecule has 0 radical (unpaired) electrons. The van der Waals surface area contributed by atoms with Crippen molar-refractivity contribution in [2.24, 2.45) is 5.73 Å². The van der Waals surface area contributed by atoms with Crippen molar-refractivity contribution in [3.8, 4) is 0 Å². The van der Waals surface area contributed by atoms with Crippen LogP contribution in [0.1, 0.15) is 36.5 Å². The monoisotopic (exact) mass is 279 g/mol. The van der Waals surface area contributed by atoms with E-state index < -0.39 is 5.91 Å². The van der Waals surface area contributed by atoms with Gasteiger partial charge in [0.2, 0.25) is 11.8 Å². The molecule has 0 aliphatic carbocycles. The third kappa shape index (κ3) is 5.48. The first-order valence-electron chi connectivity index (χ1n) is 6.03. The van der Waals surface area contributed by atoms with Crippen LogP contribution in [0.4, 0.5) is 5.69 Å². The maximum Gasteiger partial charge on any atom is 0.248 e. The van der Waals surface area contributed by atoms with Crippen LogP contribution in [0.5, 0.6) is 0 Å². The topological polar surface area (TPSA) is 84.2 Å². The third-order valence-corrected chi connectivity index (χ3v) is 2.62. The number of thiocarbonyl (C=S) groups is 1. The highest BCUT2D eigenvalue weighted by molar-refractivity contribution is 7.80. The normalized spacial score (nSPS) is 9.74. The van der Waals surface area contributed by atoms with Crippen LogP contribution in [-0.2, 0) is 4.79 Å². The standard InChI is InChI=1S/C13H17N3O2S/c1-2-3-7-11(17)16-13(19)15-10-6-4-5-9(8-10)12(14)18/h4-6,8H,2-3,7H2,1H3,(H2,14,18)(H2,15,16,17,19). The third-order valence-electron chi connectivity index (χ3n) is 2.42. The summed E-state index contributed by atoms with van der Waals surface area (Å²) in [5.41, 5.74) is 6.17. The van der Waals surface area contributed by atoms with Gasteiger partial charge in [-0.25, -0.2) is 0 Å². The molecule has 0 aliphatic rings. The summed E-state index contributed by atoms with van der Waals surface area (Å²) in [5, 5.41) is 5.62. The van der Waals surface area contributed by atoms with Gasteiger partial charge in [-0.2, -0.15) is 0 Å². The second-order valence-electron chi connectivity index (χ2n) is 4.05. The number of anilines is 1. The number of carbonyl (C=O) groups excluding carboxylic acids is 2. The molecule has 1 aromatic carbocycles. The second-order valence-corrected chi connectivity index (χ2v) is 4.46. The molecule has 6 heteroatoms. The van der Waals surface area contributed by atoms with Crippen molar-refractivity contribution < 1.29 is 9.59 Å². The van der Waals surface area contributed by atoms with Crippen LogP contribution < -0.4 is 16.4 Å². The molecule has 0 saturated carbocycles. The summed E-state index contributed by atoms with van der Waals surface area (Å²) in [5.74, 6) is -0.632. The zero-order valence-electron chi connectivity index (χ0n) is 10.7. The Kier molecular flexibility index (Phi) is 5.95. The van der Waals surface area contributed by atoms with Gasteiger partial charge < -0.3 is 16.4 Å². The molecule has 0 saturated heterocycles. The molecule has 0 spiro atoms. The molecule has 0 heterocycles. The van der Waals surface area contributed by atoms with Gasteiger partial charge in [-0.3, -0.25) is 9.59 Å². The minimum Gasteiger partial charge on any atom is -0.366 e. The lowest BCUT2D eigenvalue weighted by atomic mass is 10.2. The van der Waals surface area contributed by atoms with E-state index in [9.17, 15) is 9.59 Å². The lowest BCUT2D eigenvalue weighted by molar-refractivity contribution is -0.119. The Hall–Kier alpha value is -1.95. The van der Waals surface area contributed by atoms with Crippen LogP contribution in [0, 0.1) is 0 Å². The minimum absolute atomic E-state index is 0.120. The Morgan fingerprint density at radius 2 is 2.11 bits per heavy atom. The zero-order valence-corrected chi connectivity index (χ0v) is 11.5. The highest BCUT2D eigenvalue weighted by Gasteiger charge is 2.05. The fourth-order valence-electron chi connectivity index (χ4n) is 1.44. The maximum absolute atomic E-state index is 11.5. The fourth-order valence-corrected chi connectivity index (χ4v) is 1.67. The Morgan fingerprint density at radius 1 is 1.37 bits per heavy atom. The molecule has 0 bridgehead atoms. The van der Waals surface area contributed by atoms with Gasteiger partial charge >= 0.3 is 0 Å². The number of amides is 2. The number of unbranched alkanes of at least 4 members (excludes halogenated alkanes) is 1. The SMILES string of the molecule is CCCCC(=O)NC(=S)Nc1cccc(C(N)=O)c1. The molecule has 0 aliphatic heterocycles. The molecule has 0 aromatic heterocycles. The number of rotatable bonds is 5. The highest BCUT2D eigenvalue weighted by Crippen LogP contribution is 2.10. The number of primary amides is 1. The van der Waals surface area contributed by atoms with Gasteiger partial charge in [-0.1, -0.05) is 19.4 Å². The van der Waals surface area contributed by atoms with Crippen molar-refractivity contribution in [3.63, 3.8) is 0 Å². The van der Waals surface area contributed by atoms with E-state index in [0.29, 0.717) is 17.7 Å². The molecular formula is C13H17N3O2S. The van der Waals surface area contributed by atoms with E-state index in [0.717, 1.165) is 12.8 Å². The number of nitrogens with two attached hydrogens (primary N) is 1. The predicted molar refractivity (Wildman–Crippen MR) is 78.8 cm³/mol. The van der Waals surface area contributed by atoms with Gasteiger partial charge in [-0.15, -0.1) is 0 Å². The van der Waals surface area contributed by atoms with Crippen molar-refractivity contribution in [2.75, 3.05) is 5.32 Å². The van der Waals surface area contributed by atoms with Crippen molar-refractivity contribution in [2.45, 2.75) is 26.2 Å². The highest BCUT2D eigenvalue weighted by atomic mass is 32.1. The molecule has 2 amide bonds. The van der Waals surface area contributed by atoms with Crippen molar-refractivity contribution in [1.82, 2.24) is 5.32 Å². The summed E-state index contributed by atoms with van der Waals surface area (Å²) >= 11 is 5.01. The van der Waals surface area contributed by atoms with E-state index in [1.54, 1.807) is 24.3 Å². The largest absolute Gasteiger partial charge is 0.366 e. The number of hydrogen-bond acceptors (Lipinski definition) is 3. The van der Waals surface area contributed by atoms with Crippen LogP contribution in [0.25, 0.3) is 0 Å². The molecule has 19 heavy (non-hydrogen) atoms. The van der Waals surface area contributed by atoms with Crippen LogP contribution in [-0.4, -0.2) is 16.9 Å². The van der Waals surface area contributed by atoms with Gasteiger partial charge in [0.1, 0.15) is 0 Å². The summed E-state index contributed by atoms with van der Waals surface area (Å²) in [7, 11) is 0. The van der Waals surface area contributed by atoms with Crippen LogP contribution in [0.15, 0.2) is 24.3 Å². The molecule has 0 atom stereocenters. The zero-order chi connectivity index (χ0) is 14.3. The maximum atomic E-state index is 11.5. The van der Waals surface area contributed by atoms with Gasteiger partial charge in [0.15, 0.2) is 5.11 Å². The number of nitrogens with one attached hydrogen (secondary N) is 2. The van der Waals surface area contributed by atoms with Crippen molar-refractivity contribution >= 4 is 34.8 Å². The van der Waals surface area contributed by atoms with E-state index in [2.05, 4.69) is 10.6 Å². The van der Waals surface area contributed by atoms with Gasteiger partial charge in [-0.05, 0) is 36.8 Å². The lowest BCUT2D eigenvalue weighted by Crippen LogP contribution is -2.33. The van der Waals surface area contributed by atoms with Gasteiger partial charge in [0.25, 0.3) is 0 Å².